The first-order valence-corrected chi connectivity index (χ1v) is 15.6. The van der Waals surface area contributed by atoms with Gasteiger partial charge in [-0.25, -0.2) is 24.5 Å². The molecular weight excluding hydrogens is 600 g/mol. The Balaban J connectivity index is 1.08. The molecule has 2 aliphatic rings. The van der Waals surface area contributed by atoms with Crippen LogP contribution < -0.4 is 10.6 Å². The van der Waals surface area contributed by atoms with Gasteiger partial charge in [-0.1, -0.05) is 49.4 Å². The highest BCUT2D eigenvalue weighted by Gasteiger charge is 2.59. The van der Waals surface area contributed by atoms with E-state index in [4.69, 9.17) is 14.2 Å². The minimum Gasteiger partial charge on any atom is -0.465 e. The molecular formula is C35H36N6O6. The summed E-state index contributed by atoms with van der Waals surface area (Å²) in [7, 11) is 0. The van der Waals surface area contributed by atoms with Crippen LogP contribution >= 0.6 is 0 Å². The predicted molar refractivity (Wildman–Crippen MR) is 175 cm³/mol. The van der Waals surface area contributed by atoms with E-state index in [0.29, 0.717) is 16.9 Å². The first-order chi connectivity index (χ1) is 22.6. The van der Waals surface area contributed by atoms with E-state index in [1.54, 1.807) is 6.07 Å². The number of nitrogens with zero attached hydrogens (tertiary/aromatic N) is 4. The molecule has 0 radical (unpaired) electrons. The maximum absolute atomic E-state index is 12.4. The van der Waals surface area contributed by atoms with Crippen molar-refractivity contribution in [3.63, 3.8) is 0 Å². The van der Waals surface area contributed by atoms with Crippen LogP contribution in [0.4, 0.5) is 21.2 Å². The molecule has 3 N–H and O–H groups in total. The zero-order valence-corrected chi connectivity index (χ0v) is 26.3. The average Bonchev–Trinajstić information content (AvgIpc) is 3.70. The summed E-state index contributed by atoms with van der Waals surface area (Å²) in [5.41, 5.74) is 3.21. The normalized spacial score (nSPS) is 23.1. The van der Waals surface area contributed by atoms with Gasteiger partial charge in [0.2, 0.25) is 0 Å². The highest BCUT2D eigenvalue weighted by molar-refractivity contribution is 5.95. The molecule has 1 aliphatic carbocycles. The van der Waals surface area contributed by atoms with Crippen LogP contribution in [0.5, 0.6) is 0 Å². The molecule has 2 fully saturated rings. The van der Waals surface area contributed by atoms with Gasteiger partial charge in [-0.2, -0.15) is 0 Å². The van der Waals surface area contributed by atoms with Crippen molar-refractivity contribution in [2.24, 2.45) is 5.41 Å². The molecule has 1 saturated carbocycles. The number of aromatic nitrogens is 4. The summed E-state index contributed by atoms with van der Waals surface area (Å²) in [6, 6.07) is 21.2. The van der Waals surface area contributed by atoms with Gasteiger partial charge in [0, 0.05) is 11.6 Å². The van der Waals surface area contributed by atoms with Crippen molar-refractivity contribution in [3.8, 4) is 0 Å². The maximum atomic E-state index is 12.4. The Morgan fingerprint density at radius 1 is 1.00 bits per heavy atom. The minimum absolute atomic E-state index is 0.0783. The highest BCUT2D eigenvalue weighted by Crippen LogP contribution is 2.55. The molecule has 0 unspecified atom stereocenters. The smallest absolute Gasteiger partial charge is 0.413 e. The lowest BCUT2D eigenvalue weighted by Gasteiger charge is -2.32. The number of amides is 2. The number of carbonyl (C=O) groups excluding carboxylic acids is 1. The van der Waals surface area contributed by atoms with E-state index in [-0.39, 0.29) is 36.1 Å². The van der Waals surface area contributed by atoms with Crippen LogP contribution in [0.25, 0.3) is 21.9 Å². The van der Waals surface area contributed by atoms with Crippen molar-refractivity contribution < 1.29 is 28.9 Å². The Hall–Kier alpha value is -5.07. The molecule has 12 nitrogen and oxygen atoms in total. The minimum atomic E-state index is -1.18. The molecule has 2 amide bonds. The van der Waals surface area contributed by atoms with E-state index < -0.39 is 18.0 Å². The van der Waals surface area contributed by atoms with Crippen LogP contribution in [-0.4, -0.2) is 54.8 Å². The maximum Gasteiger partial charge on any atom is 0.413 e. The molecule has 1 saturated heterocycles. The number of carbonyl (C=O) groups is 2. The number of pyridine rings is 1. The fourth-order valence-electron chi connectivity index (χ4n) is 6.94. The van der Waals surface area contributed by atoms with Crippen molar-refractivity contribution in [2.45, 2.75) is 70.7 Å². The summed E-state index contributed by atoms with van der Waals surface area (Å²) in [6.07, 6.45) is 3.57. The summed E-state index contributed by atoms with van der Waals surface area (Å²) < 4.78 is 20.5. The molecule has 47 heavy (non-hydrogen) atoms. The summed E-state index contributed by atoms with van der Waals surface area (Å²) in [4.78, 5) is 37.1. The van der Waals surface area contributed by atoms with Crippen molar-refractivity contribution >= 4 is 45.8 Å². The molecule has 4 heterocycles. The second-order valence-corrected chi connectivity index (χ2v) is 13.0. The van der Waals surface area contributed by atoms with Crippen LogP contribution in [0.15, 0.2) is 79.3 Å². The number of hydrogen-bond acceptors (Lipinski definition) is 8. The quantitative estimate of drug-likeness (QED) is 0.165. The lowest BCUT2D eigenvalue weighted by molar-refractivity contribution is -0.168. The van der Waals surface area contributed by atoms with Gasteiger partial charge in [0.1, 0.15) is 36.3 Å². The molecule has 2 aromatic carbocycles. The second kappa shape index (κ2) is 11.9. The lowest BCUT2D eigenvalue weighted by atomic mass is 9.80. The van der Waals surface area contributed by atoms with Crippen LogP contribution in [0.1, 0.15) is 50.8 Å². The van der Waals surface area contributed by atoms with E-state index in [2.05, 4.69) is 49.2 Å². The van der Waals surface area contributed by atoms with Gasteiger partial charge in [0.05, 0.1) is 23.0 Å². The first kappa shape index (κ1) is 30.6. The summed E-state index contributed by atoms with van der Waals surface area (Å²) >= 11 is 0. The van der Waals surface area contributed by atoms with Crippen molar-refractivity contribution in [2.75, 3.05) is 10.6 Å². The van der Waals surface area contributed by atoms with Gasteiger partial charge < -0.3 is 23.9 Å². The molecule has 242 valence electrons. The summed E-state index contributed by atoms with van der Waals surface area (Å²) in [5, 5.41) is 16.0. The van der Waals surface area contributed by atoms with Gasteiger partial charge in [0.15, 0.2) is 5.79 Å². The molecule has 0 bridgehead atoms. The Morgan fingerprint density at radius 2 is 1.81 bits per heavy atom. The van der Waals surface area contributed by atoms with E-state index in [1.165, 1.54) is 6.33 Å². The van der Waals surface area contributed by atoms with E-state index in [0.717, 1.165) is 41.3 Å². The van der Waals surface area contributed by atoms with Crippen LogP contribution in [0, 0.1) is 5.41 Å². The van der Waals surface area contributed by atoms with Gasteiger partial charge in [0.25, 0.3) is 0 Å². The fraction of sp³-hybridized carbons (Fsp3) is 0.343. The molecule has 3 aromatic heterocycles. The molecule has 4 atom stereocenters. The van der Waals surface area contributed by atoms with Gasteiger partial charge in [-0.15, -0.1) is 0 Å². The number of rotatable bonds is 8. The van der Waals surface area contributed by atoms with Crippen LogP contribution in [0.3, 0.4) is 0 Å². The fourth-order valence-corrected chi connectivity index (χ4v) is 6.94. The van der Waals surface area contributed by atoms with Crippen molar-refractivity contribution in [1.82, 2.24) is 19.5 Å². The largest absolute Gasteiger partial charge is 0.465 e. The van der Waals surface area contributed by atoms with E-state index in [9.17, 15) is 14.7 Å². The number of fused-ring (bicyclic) bond motifs is 3. The Morgan fingerprint density at radius 3 is 2.62 bits per heavy atom. The summed E-state index contributed by atoms with van der Waals surface area (Å²) in [6.45, 7) is 6.29. The predicted octanol–water partition coefficient (Wildman–Crippen LogP) is 6.92. The second-order valence-electron chi connectivity index (χ2n) is 13.0. The number of hydrogen-bond donors (Lipinski definition) is 3. The monoisotopic (exact) mass is 636 g/mol. The number of aryl methyl sites for hydroxylation is 1. The third-order valence-electron chi connectivity index (χ3n) is 9.15. The van der Waals surface area contributed by atoms with E-state index in [1.807, 2.05) is 68.6 Å². The van der Waals surface area contributed by atoms with Crippen molar-refractivity contribution in [3.05, 3.63) is 90.4 Å². The van der Waals surface area contributed by atoms with E-state index >= 15 is 0 Å². The molecule has 5 aromatic rings. The number of nitrogens with one attached hydrogen (secondary N) is 2. The third-order valence-corrected chi connectivity index (χ3v) is 9.15. The van der Waals surface area contributed by atoms with Gasteiger partial charge >= 0.3 is 12.2 Å². The SMILES string of the molecule is CC1(C)O[C@H]2[C@H](n3ccc4c(NC(=O)O)ncnc43)C[C@](C)(CCc3ccc4ccc(NC(=O)OCc5ccccc5)nc4c3)[C@H]2O1. The Bertz CT molecular complexity index is 1960. The number of anilines is 2. The van der Waals surface area contributed by atoms with Crippen LogP contribution in [-0.2, 0) is 27.2 Å². The standard InChI is InChI=1S/C35H36N6O6/c1-34(2)46-28-26(41-16-14-24-30(40-32(42)43)36-20-37-31(24)41)18-35(3,29(28)47-34)15-13-21-9-10-23-11-12-27(38-25(23)17-21)39-33(44)45-19-22-7-5-4-6-8-22/h4-12,14,16-17,20,26,28-29H,13,15,18-19H2,1-3H3,(H,42,43)(H,36,37,40)(H,38,39,44)/t26-,28+,29+,35+/m1/s1. The van der Waals surface area contributed by atoms with Crippen molar-refractivity contribution in [1.29, 1.82) is 0 Å². The molecule has 1 aliphatic heterocycles. The number of ether oxygens (including phenoxy) is 3. The Labute approximate surface area is 271 Å². The highest BCUT2D eigenvalue weighted by atomic mass is 16.8. The van der Waals surface area contributed by atoms with Gasteiger partial charge in [-0.05, 0) is 73.9 Å². The zero-order valence-electron chi connectivity index (χ0n) is 26.3. The summed E-state index contributed by atoms with van der Waals surface area (Å²) in [5.74, 6) is -0.0824. The Kier molecular flexibility index (Phi) is 7.77. The molecule has 12 heteroatoms. The van der Waals surface area contributed by atoms with Crippen LogP contribution in [0.2, 0.25) is 0 Å². The third kappa shape index (κ3) is 6.21. The lowest BCUT2D eigenvalue weighted by Crippen LogP contribution is -2.34. The van der Waals surface area contributed by atoms with Gasteiger partial charge in [-0.3, -0.25) is 10.6 Å². The molecule has 0 spiro atoms. The number of carboxylic acid groups (broad SMARTS) is 1. The topological polar surface area (TPSA) is 150 Å². The average molecular weight is 637 g/mol. The zero-order chi connectivity index (χ0) is 32.8. The molecule has 7 rings (SSSR count). The first-order valence-electron chi connectivity index (χ1n) is 15.6. The number of benzene rings is 2.